The number of rotatable bonds is 3. The summed E-state index contributed by atoms with van der Waals surface area (Å²) in [7, 11) is 3.18. The molecule has 1 aliphatic rings. The van der Waals surface area contributed by atoms with E-state index in [2.05, 4.69) is 16.8 Å². The molecule has 0 bridgehead atoms. The predicted molar refractivity (Wildman–Crippen MR) is 68.2 cm³/mol. The van der Waals surface area contributed by atoms with E-state index in [4.69, 9.17) is 10.8 Å². The highest BCUT2D eigenvalue weighted by molar-refractivity contribution is 7.59. The fraction of sp³-hybridized carbons (Fsp3) is 1.00. The first-order chi connectivity index (χ1) is 6.33. The number of hydrogen-bond donors (Lipinski definition) is 2. The van der Waals surface area contributed by atoms with Gasteiger partial charge in [-0.3, -0.25) is 0 Å². The number of hydrogen-bond acceptors (Lipinski definition) is 4. The first-order valence-electron chi connectivity index (χ1n) is 4.88. The molecule has 90 valence electrons. The lowest BCUT2D eigenvalue weighted by molar-refractivity contribution is 0.153. The number of aliphatic hydroxyl groups is 1. The summed E-state index contributed by atoms with van der Waals surface area (Å²) in [5, 5.41) is 7.00. The van der Waals surface area contributed by atoms with Gasteiger partial charge in [0.2, 0.25) is 0 Å². The van der Waals surface area contributed by atoms with Gasteiger partial charge in [0.1, 0.15) is 0 Å². The average molecular weight is 225 g/mol. The van der Waals surface area contributed by atoms with Crippen molar-refractivity contribution in [2.75, 3.05) is 53.4 Å². The van der Waals surface area contributed by atoms with Gasteiger partial charge in [0.05, 0.1) is 0 Å². The largest absolute Gasteiger partial charge is 0.400 e. The molecule has 3 N–H and O–H groups in total. The maximum atomic E-state index is 7.00. The molecule has 1 saturated heterocycles. The Morgan fingerprint density at radius 2 is 1.71 bits per heavy atom. The third kappa shape index (κ3) is 7.58. The van der Waals surface area contributed by atoms with Crippen LogP contribution in [-0.2, 0) is 0 Å². The van der Waals surface area contributed by atoms with Crippen molar-refractivity contribution in [2.45, 2.75) is 6.42 Å². The number of aliphatic hydroxyl groups excluding tert-OH is 1. The van der Waals surface area contributed by atoms with Crippen LogP contribution in [0.1, 0.15) is 7.85 Å². The second-order valence-corrected chi connectivity index (χ2v) is 3.29. The van der Waals surface area contributed by atoms with Crippen LogP contribution < -0.4 is 5.73 Å². The minimum Gasteiger partial charge on any atom is -0.400 e. The van der Waals surface area contributed by atoms with Crippen LogP contribution in [0.3, 0.4) is 0 Å². The smallest absolute Gasteiger partial charge is 0.0319 e. The summed E-state index contributed by atoms with van der Waals surface area (Å²) in [5.74, 6) is 0. The van der Waals surface area contributed by atoms with E-state index in [0.29, 0.717) is 0 Å². The molecule has 0 spiro atoms. The molecule has 5 heteroatoms. The van der Waals surface area contributed by atoms with Crippen molar-refractivity contribution >= 4 is 13.5 Å². The summed E-state index contributed by atoms with van der Waals surface area (Å²) in [6, 6.07) is 0. The quantitative estimate of drug-likeness (QED) is 0.683. The second kappa shape index (κ2) is 11.3. The van der Waals surface area contributed by atoms with Gasteiger partial charge in [-0.2, -0.15) is 13.5 Å². The summed E-state index contributed by atoms with van der Waals surface area (Å²) >= 11 is 0. The number of piperazine rings is 1. The lowest BCUT2D eigenvalue weighted by atomic mass is 10.3. The van der Waals surface area contributed by atoms with E-state index in [1.807, 2.05) is 0 Å². The molecule has 1 fully saturated rings. The molecule has 0 aromatic heterocycles. The van der Waals surface area contributed by atoms with Gasteiger partial charge < -0.3 is 20.6 Å². The maximum absolute atomic E-state index is 7.00. The summed E-state index contributed by atoms with van der Waals surface area (Å²) in [6.07, 6.45) is 1.14. The van der Waals surface area contributed by atoms with Crippen LogP contribution in [0.15, 0.2) is 0 Å². The zero-order chi connectivity index (χ0) is 10.1. The van der Waals surface area contributed by atoms with Gasteiger partial charge in [-0.15, -0.1) is 0 Å². The van der Waals surface area contributed by atoms with Gasteiger partial charge in [-0.05, 0) is 26.6 Å². The molecule has 1 rings (SSSR count). The Labute approximate surface area is 96.0 Å². The molecule has 14 heavy (non-hydrogen) atoms. The molecule has 0 unspecified atom stereocenters. The number of likely N-dealkylation sites (N-methyl/N-ethyl adjacent to an activating group) is 1. The molecule has 0 atom stereocenters. The van der Waals surface area contributed by atoms with E-state index >= 15 is 0 Å². The highest BCUT2D eigenvalue weighted by Gasteiger charge is 2.11. The number of nitrogens with zero attached hydrogens (tertiary/aromatic N) is 2. The van der Waals surface area contributed by atoms with E-state index < -0.39 is 0 Å². The minimum absolute atomic E-state index is 0. The monoisotopic (exact) mass is 225 g/mol. The molecule has 0 aromatic carbocycles. The Bertz CT molecular complexity index is 111. The molecule has 4 nitrogen and oxygen atoms in total. The molecule has 0 amide bonds. The van der Waals surface area contributed by atoms with Crippen molar-refractivity contribution in [3.8, 4) is 0 Å². The van der Waals surface area contributed by atoms with Gasteiger partial charge in [0.15, 0.2) is 0 Å². The van der Waals surface area contributed by atoms with Gasteiger partial charge in [0, 0.05) is 34.7 Å². The van der Waals surface area contributed by atoms with Crippen LogP contribution in [0.25, 0.3) is 0 Å². The molecular weight excluding hydrogens is 198 g/mol. The Kier molecular flexibility index (Phi) is 13.4. The van der Waals surface area contributed by atoms with Crippen LogP contribution in [0.4, 0.5) is 0 Å². The standard InChI is InChI=1S/C8H19N3.CH4O.H2S.H2/c1-10-5-7-11(8-6-10)4-2-3-9;1-2;;/h2-9H2,1H3;2H,1H3;1H2;1H. The average Bonchev–Trinajstić information content (AvgIpc) is 2.20. The van der Waals surface area contributed by atoms with Crippen molar-refractivity contribution in [3.05, 3.63) is 0 Å². The van der Waals surface area contributed by atoms with E-state index in [9.17, 15) is 0 Å². The summed E-state index contributed by atoms with van der Waals surface area (Å²) in [6.45, 7) is 6.87. The molecule has 0 aliphatic carbocycles. The van der Waals surface area contributed by atoms with Gasteiger partial charge in [-0.1, -0.05) is 0 Å². The van der Waals surface area contributed by atoms with Gasteiger partial charge in [0.25, 0.3) is 0 Å². The van der Waals surface area contributed by atoms with Crippen LogP contribution >= 0.6 is 13.5 Å². The van der Waals surface area contributed by atoms with Gasteiger partial charge in [-0.25, -0.2) is 0 Å². The molecule has 0 saturated carbocycles. The van der Waals surface area contributed by atoms with E-state index in [1.165, 1.54) is 32.7 Å². The molecule has 0 aromatic rings. The van der Waals surface area contributed by atoms with Crippen molar-refractivity contribution in [1.29, 1.82) is 0 Å². The van der Waals surface area contributed by atoms with Crippen LogP contribution in [-0.4, -0.2) is 68.3 Å². The van der Waals surface area contributed by atoms with Crippen molar-refractivity contribution in [3.63, 3.8) is 0 Å². The second-order valence-electron chi connectivity index (χ2n) is 3.29. The fourth-order valence-electron chi connectivity index (χ4n) is 1.39. The first-order valence-corrected chi connectivity index (χ1v) is 4.88. The lowest BCUT2D eigenvalue weighted by Crippen LogP contribution is -2.44. The van der Waals surface area contributed by atoms with Gasteiger partial charge >= 0.3 is 0 Å². The number of nitrogens with two attached hydrogens (primary N) is 1. The van der Waals surface area contributed by atoms with E-state index in [0.717, 1.165) is 20.1 Å². The Morgan fingerprint density at radius 3 is 2.14 bits per heavy atom. The maximum Gasteiger partial charge on any atom is 0.0319 e. The summed E-state index contributed by atoms with van der Waals surface area (Å²) in [5.41, 5.74) is 5.44. The van der Waals surface area contributed by atoms with Crippen LogP contribution in [0.2, 0.25) is 0 Å². The normalized spacial score (nSPS) is 18.0. The highest BCUT2D eigenvalue weighted by atomic mass is 32.1. The minimum atomic E-state index is 0. The SMILES string of the molecule is CN1CCN(CCCN)CC1.CO.S.[HH]. The summed E-state index contributed by atoms with van der Waals surface area (Å²) in [4.78, 5) is 4.87. The van der Waals surface area contributed by atoms with E-state index in [-0.39, 0.29) is 14.9 Å². The molecule has 1 heterocycles. The molecule has 0 radical (unpaired) electrons. The van der Waals surface area contributed by atoms with E-state index in [1.54, 1.807) is 0 Å². The fourth-order valence-corrected chi connectivity index (χ4v) is 1.39. The Hall–Kier alpha value is 0.190. The lowest BCUT2D eigenvalue weighted by Gasteiger charge is -2.32. The van der Waals surface area contributed by atoms with Crippen LogP contribution in [0, 0.1) is 0 Å². The zero-order valence-electron chi connectivity index (χ0n) is 9.37. The third-order valence-corrected chi connectivity index (χ3v) is 2.27. The Morgan fingerprint density at radius 1 is 1.21 bits per heavy atom. The zero-order valence-corrected chi connectivity index (χ0v) is 10.4. The first kappa shape index (κ1) is 16.6. The van der Waals surface area contributed by atoms with Crippen LogP contribution in [0.5, 0.6) is 0 Å². The van der Waals surface area contributed by atoms with Crippen molar-refractivity contribution in [1.82, 2.24) is 9.80 Å². The van der Waals surface area contributed by atoms with Crippen molar-refractivity contribution in [2.24, 2.45) is 5.73 Å². The highest BCUT2D eigenvalue weighted by Crippen LogP contribution is 1.98. The topological polar surface area (TPSA) is 52.7 Å². The molecular formula is C9H27N3OS. The third-order valence-electron chi connectivity index (χ3n) is 2.27. The molecule has 1 aliphatic heterocycles. The predicted octanol–water partition coefficient (Wildman–Crippen LogP) is -0.450. The Balaban J connectivity index is -0.000000339. The summed E-state index contributed by atoms with van der Waals surface area (Å²) < 4.78 is 0. The van der Waals surface area contributed by atoms with Crippen molar-refractivity contribution < 1.29 is 6.53 Å².